The van der Waals surface area contributed by atoms with Crippen LogP contribution in [0, 0.1) is 0 Å². The van der Waals surface area contributed by atoms with E-state index in [1.54, 1.807) is 7.11 Å². The number of rotatable bonds is 1. The second-order valence-electron chi connectivity index (χ2n) is 4.24. The highest BCUT2D eigenvalue weighted by Gasteiger charge is 1.99. The second kappa shape index (κ2) is 7.90. The summed E-state index contributed by atoms with van der Waals surface area (Å²) in [5.74, 6) is 1.21. The lowest BCUT2D eigenvalue weighted by Crippen LogP contribution is -1.90. The van der Waals surface area contributed by atoms with Crippen LogP contribution in [0.4, 0.5) is 0 Å². The first kappa shape index (κ1) is 11.6. The van der Waals surface area contributed by atoms with Crippen LogP contribution in [-0.4, -0.2) is 7.11 Å². The first-order valence-corrected chi connectivity index (χ1v) is 6.16. The summed E-state index contributed by atoms with van der Waals surface area (Å²) in [6, 6.07) is 0. The van der Waals surface area contributed by atoms with E-state index >= 15 is 0 Å². The van der Waals surface area contributed by atoms with Crippen molar-refractivity contribution in [3.63, 3.8) is 0 Å². The second-order valence-corrected chi connectivity index (χ2v) is 4.24. The van der Waals surface area contributed by atoms with Crippen LogP contribution in [0.2, 0.25) is 0 Å². The van der Waals surface area contributed by atoms with Crippen LogP contribution in [0.15, 0.2) is 11.8 Å². The number of hydrogen-bond donors (Lipinski definition) is 0. The van der Waals surface area contributed by atoms with Crippen molar-refractivity contribution in [1.82, 2.24) is 0 Å². The smallest absolute Gasteiger partial charge is 0.0915 e. The predicted octanol–water partition coefficient (Wildman–Crippen LogP) is 4.43. The first-order valence-electron chi connectivity index (χ1n) is 6.16. The average molecular weight is 196 g/mol. The molecule has 1 aliphatic rings. The number of ether oxygens (including phenoxy) is 1. The fourth-order valence-electron chi connectivity index (χ4n) is 2.05. The van der Waals surface area contributed by atoms with Crippen LogP contribution in [0.3, 0.4) is 0 Å². The van der Waals surface area contributed by atoms with Crippen LogP contribution < -0.4 is 0 Å². The van der Waals surface area contributed by atoms with E-state index in [4.69, 9.17) is 4.74 Å². The molecule has 1 rings (SSSR count). The lowest BCUT2D eigenvalue weighted by atomic mass is 10.0. The van der Waals surface area contributed by atoms with Crippen LogP contribution in [0.25, 0.3) is 0 Å². The molecular formula is C13H24O. The topological polar surface area (TPSA) is 9.23 Å². The van der Waals surface area contributed by atoms with E-state index in [-0.39, 0.29) is 0 Å². The molecule has 82 valence electrons. The van der Waals surface area contributed by atoms with Gasteiger partial charge in [-0.1, -0.05) is 38.5 Å². The maximum atomic E-state index is 5.36. The van der Waals surface area contributed by atoms with Gasteiger partial charge in [-0.3, -0.25) is 0 Å². The van der Waals surface area contributed by atoms with Crippen LogP contribution in [0.1, 0.15) is 64.2 Å². The van der Waals surface area contributed by atoms with Gasteiger partial charge in [0.05, 0.1) is 12.9 Å². The highest BCUT2D eigenvalue weighted by atomic mass is 16.5. The molecule has 1 heteroatoms. The number of methoxy groups -OCH3 is 1. The summed E-state index contributed by atoms with van der Waals surface area (Å²) in [7, 11) is 1.80. The van der Waals surface area contributed by atoms with Crippen molar-refractivity contribution in [2.75, 3.05) is 7.11 Å². The van der Waals surface area contributed by atoms with E-state index in [1.807, 2.05) is 0 Å². The highest BCUT2D eigenvalue weighted by molar-refractivity contribution is 4.92. The summed E-state index contributed by atoms with van der Waals surface area (Å²) < 4.78 is 5.36. The molecule has 1 aliphatic carbocycles. The molecule has 0 heterocycles. The van der Waals surface area contributed by atoms with Gasteiger partial charge in [-0.25, -0.2) is 0 Å². The molecule has 0 aromatic carbocycles. The quantitative estimate of drug-likeness (QED) is 0.602. The van der Waals surface area contributed by atoms with E-state index in [0.29, 0.717) is 0 Å². The Morgan fingerprint density at radius 3 is 2.07 bits per heavy atom. The average Bonchev–Trinajstić information content (AvgIpc) is 2.19. The van der Waals surface area contributed by atoms with Gasteiger partial charge in [0.2, 0.25) is 0 Å². The Bertz CT molecular complexity index is 161. The molecule has 0 bridgehead atoms. The summed E-state index contributed by atoms with van der Waals surface area (Å²) in [5, 5.41) is 0. The molecule has 0 N–H and O–H groups in total. The SMILES string of the molecule is COC1=CCCCCCCCCCC1. The lowest BCUT2D eigenvalue weighted by Gasteiger charge is -2.08. The Hall–Kier alpha value is -0.460. The van der Waals surface area contributed by atoms with Gasteiger partial charge in [0.1, 0.15) is 0 Å². The summed E-state index contributed by atoms with van der Waals surface area (Å²) in [5.41, 5.74) is 0. The van der Waals surface area contributed by atoms with Crippen molar-refractivity contribution in [2.24, 2.45) is 0 Å². The Labute approximate surface area is 88.5 Å². The van der Waals surface area contributed by atoms with Gasteiger partial charge in [0.25, 0.3) is 0 Å². The van der Waals surface area contributed by atoms with Crippen molar-refractivity contribution in [1.29, 1.82) is 0 Å². The minimum Gasteiger partial charge on any atom is -0.501 e. The van der Waals surface area contributed by atoms with Gasteiger partial charge < -0.3 is 4.74 Å². The summed E-state index contributed by atoms with van der Waals surface area (Å²) in [6.07, 6.45) is 15.8. The summed E-state index contributed by atoms with van der Waals surface area (Å²) >= 11 is 0. The standard InChI is InChI=1S/C13H24O/c1-14-13-11-9-7-5-3-2-4-6-8-10-12-13/h11H,2-10,12H2,1H3. The third-order valence-corrected chi connectivity index (χ3v) is 3.01. The molecule has 0 aromatic heterocycles. The molecule has 14 heavy (non-hydrogen) atoms. The maximum Gasteiger partial charge on any atom is 0.0915 e. The van der Waals surface area contributed by atoms with E-state index in [1.165, 1.54) is 63.5 Å². The Kier molecular flexibility index (Phi) is 6.55. The third-order valence-electron chi connectivity index (χ3n) is 3.01. The zero-order chi connectivity index (χ0) is 10.1. The van der Waals surface area contributed by atoms with Gasteiger partial charge in [-0.15, -0.1) is 0 Å². The van der Waals surface area contributed by atoms with Crippen molar-refractivity contribution in [2.45, 2.75) is 64.2 Å². The fraction of sp³-hybridized carbons (Fsp3) is 0.846. The van der Waals surface area contributed by atoms with Gasteiger partial charge in [0, 0.05) is 6.42 Å². The first-order chi connectivity index (χ1) is 6.93. The summed E-state index contributed by atoms with van der Waals surface area (Å²) in [6.45, 7) is 0. The monoisotopic (exact) mass is 196 g/mol. The van der Waals surface area contributed by atoms with Crippen LogP contribution >= 0.6 is 0 Å². The largest absolute Gasteiger partial charge is 0.501 e. The van der Waals surface area contributed by atoms with Gasteiger partial charge >= 0.3 is 0 Å². The number of allylic oxidation sites excluding steroid dienone is 2. The van der Waals surface area contributed by atoms with E-state index in [2.05, 4.69) is 6.08 Å². The zero-order valence-corrected chi connectivity index (χ0v) is 9.56. The number of hydrogen-bond acceptors (Lipinski definition) is 1. The molecule has 0 amide bonds. The molecule has 0 saturated heterocycles. The van der Waals surface area contributed by atoms with E-state index < -0.39 is 0 Å². The molecule has 0 aliphatic heterocycles. The van der Waals surface area contributed by atoms with Crippen LogP contribution in [-0.2, 0) is 4.74 Å². The van der Waals surface area contributed by atoms with E-state index in [0.717, 1.165) is 6.42 Å². The van der Waals surface area contributed by atoms with Crippen LogP contribution in [0.5, 0.6) is 0 Å². The molecular weight excluding hydrogens is 172 g/mol. The molecule has 0 saturated carbocycles. The molecule has 0 fully saturated rings. The molecule has 1 nitrogen and oxygen atoms in total. The minimum absolute atomic E-state index is 1.15. The molecule has 0 radical (unpaired) electrons. The molecule has 0 unspecified atom stereocenters. The Morgan fingerprint density at radius 2 is 1.43 bits per heavy atom. The van der Waals surface area contributed by atoms with Crippen molar-refractivity contribution < 1.29 is 4.74 Å². The summed E-state index contributed by atoms with van der Waals surface area (Å²) in [4.78, 5) is 0. The third kappa shape index (κ3) is 5.31. The zero-order valence-electron chi connectivity index (χ0n) is 9.56. The predicted molar refractivity (Wildman–Crippen MR) is 61.3 cm³/mol. The molecule has 0 atom stereocenters. The van der Waals surface area contributed by atoms with Crippen molar-refractivity contribution in [3.05, 3.63) is 11.8 Å². The fourth-order valence-corrected chi connectivity index (χ4v) is 2.05. The molecule has 0 aromatic rings. The normalized spacial score (nSPS) is 21.6. The maximum absolute atomic E-state index is 5.36. The lowest BCUT2D eigenvalue weighted by molar-refractivity contribution is 0.271. The Balaban J connectivity index is 2.29. The van der Waals surface area contributed by atoms with Crippen molar-refractivity contribution >= 4 is 0 Å². The van der Waals surface area contributed by atoms with E-state index in [9.17, 15) is 0 Å². The molecule has 0 spiro atoms. The van der Waals surface area contributed by atoms with Crippen molar-refractivity contribution in [3.8, 4) is 0 Å². The minimum atomic E-state index is 1.15. The van der Waals surface area contributed by atoms with Gasteiger partial charge in [-0.2, -0.15) is 0 Å². The highest BCUT2D eigenvalue weighted by Crippen LogP contribution is 2.16. The Morgan fingerprint density at radius 1 is 0.857 bits per heavy atom. The van der Waals surface area contributed by atoms with Gasteiger partial charge in [-0.05, 0) is 25.3 Å². The van der Waals surface area contributed by atoms with Gasteiger partial charge in [0.15, 0.2) is 0 Å².